The maximum absolute atomic E-state index is 12.7. The highest BCUT2D eigenvalue weighted by atomic mass is 31.2. The van der Waals surface area contributed by atoms with E-state index in [1.807, 2.05) is 0 Å². The molecule has 0 aliphatic rings. The molecule has 0 bridgehead atoms. The molecule has 9 nitrogen and oxygen atoms in total. The molecule has 0 aliphatic carbocycles. The Morgan fingerprint density at radius 2 is 0.655 bits per heavy atom. The zero-order chi connectivity index (χ0) is 60.9. The van der Waals surface area contributed by atoms with E-state index in [0.29, 0.717) is 6.42 Å². The standard InChI is InChI=1S/C74H128NO8P/c1-3-5-7-9-11-13-15-17-19-21-23-25-27-29-31-33-34-35-36-37-38-39-41-43-45-47-49-51-53-55-57-59-61-63-65-67-74(77)83-72(71-82-84(78,79)81-69-68-75)70-80-73(76)66-64-62-60-58-56-54-52-50-48-46-44-42-40-32-30-28-26-24-22-20-18-16-14-12-10-8-6-4-2/h5,7,11,13,17,19,23,25,29,31,34-35,37-38,41,43,47,49,53,55,72H,3-4,6,8-10,12,14-16,18,20-22,24,26-28,30,32-33,36,39-40,42,44-46,48,50-52,54,56-71,75H2,1-2H3,(H,78,79)/b7-5-,13-11-,19-17-,25-23-,31-29-,35-34-,38-37-,43-41-,49-47-,55-53-. The summed E-state index contributed by atoms with van der Waals surface area (Å²) < 4.78 is 33.1. The SMILES string of the molecule is CC/C=C\C/C=C\C/C=C\C/C=C\C/C=C\C/C=C\C/C=C\C/C=C\C/C=C\C/C=C\CCCCCCC(=O)OC(COC(=O)CCCCCCCCCCCCCCCCCCCCCCCCCCCCCC)COP(=O)(O)OCCN. The number of hydrogen-bond donors (Lipinski definition) is 2. The van der Waals surface area contributed by atoms with Crippen molar-refractivity contribution in [1.82, 2.24) is 0 Å². The highest BCUT2D eigenvalue weighted by Crippen LogP contribution is 2.43. The zero-order valence-corrected chi connectivity index (χ0v) is 55.0. The average molecular weight is 1190 g/mol. The number of ether oxygens (including phenoxy) is 2. The lowest BCUT2D eigenvalue weighted by molar-refractivity contribution is -0.161. The number of carbonyl (C=O) groups excluding carboxylic acids is 2. The van der Waals surface area contributed by atoms with Gasteiger partial charge in [-0.25, -0.2) is 4.57 Å². The average Bonchev–Trinajstić information content (AvgIpc) is 3.58. The van der Waals surface area contributed by atoms with Crippen molar-refractivity contribution in [3.8, 4) is 0 Å². The van der Waals surface area contributed by atoms with Crippen molar-refractivity contribution < 1.29 is 37.6 Å². The van der Waals surface area contributed by atoms with Crippen LogP contribution in [0.3, 0.4) is 0 Å². The Hall–Kier alpha value is -3.59. The third kappa shape index (κ3) is 67.5. The fourth-order valence-electron chi connectivity index (χ4n) is 9.55. The van der Waals surface area contributed by atoms with Crippen LogP contribution in [-0.4, -0.2) is 49.3 Å². The fourth-order valence-corrected chi connectivity index (χ4v) is 10.3. The summed E-state index contributed by atoms with van der Waals surface area (Å²) in [6, 6.07) is 0. The van der Waals surface area contributed by atoms with Gasteiger partial charge in [0.25, 0.3) is 0 Å². The number of rotatable bonds is 64. The van der Waals surface area contributed by atoms with Gasteiger partial charge in [-0.2, -0.15) is 0 Å². The number of unbranched alkanes of at least 4 members (excludes halogenated alkanes) is 31. The number of esters is 2. The normalized spacial score (nSPS) is 13.7. The maximum Gasteiger partial charge on any atom is 0.472 e. The summed E-state index contributed by atoms with van der Waals surface area (Å²) in [5, 5.41) is 0. The molecule has 2 atom stereocenters. The predicted octanol–water partition coefficient (Wildman–Crippen LogP) is 22.7. The molecule has 2 unspecified atom stereocenters. The second-order valence-electron chi connectivity index (χ2n) is 22.7. The molecule has 3 N–H and O–H groups in total. The van der Waals surface area contributed by atoms with Crippen LogP contribution >= 0.6 is 7.82 Å². The van der Waals surface area contributed by atoms with Crippen LogP contribution in [0.2, 0.25) is 0 Å². The highest BCUT2D eigenvalue weighted by molar-refractivity contribution is 7.47. The van der Waals surface area contributed by atoms with Crippen molar-refractivity contribution in [2.75, 3.05) is 26.4 Å². The lowest BCUT2D eigenvalue weighted by atomic mass is 10.0. The van der Waals surface area contributed by atoms with E-state index in [4.69, 9.17) is 24.3 Å². The van der Waals surface area contributed by atoms with E-state index in [1.54, 1.807) is 0 Å². The Morgan fingerprint density at radius 1 is 0.369 bits per heavy atom. The Morgan fingerprint density at radius 3 is 0.976 bits per heavy atom. The monoisotopic (exact) mass is 1190 g/mol. The Balaban J connectivity index is 3.99. The van der Waals surface area contributed by atoms with Gasteiger partial charge in [-0.15, -0.1) is 0 Å². The molecule has 0 saturated heterocycles. The van der Waals surface area contributed by atoms with Crippen molar-refractivity contribution in [2.45, 2.75) is 309 Å². The third-order valence-corrected chi connectivity index (χ3v) is 15.6. The van der Waals surface area contributed by atoms with E-state index < -0.39 is 26.5 Å². The highest BCUT2D eigenvalue weighted by Gasteiger charge is 2.26. The molecule has 0 aromatic carbocycles. The number of carbonyl (C=O) groups is 2. The van der Waals surface area contributed by atoms with Crippen molar-refractivity contribution in [1.29, 1.82) is 0 Å². The maximum atomic E-state index is 12.7. The molecule has 84 heavy (non-hydrogen) atoms. The Kier molecular flexibility index (Phi) is 65.6. The van der Waals surface area contributed by atoms with E-state index in [2.05, 4.69) is 135 Å². The summed E-state index contributed by atoms with van der Waals surface area (Å²) in [4.78, 5) is 35.3. The number of hydrogen-bond acceptors (Lipinski definition) is 8. The van der Waals surface area contributed by atoms with Crippen LogP contribution in [0.15, 0.2) is 122 Å². The minimum absolute atomic E-state index is 0.0441. The van der Waals surface area contributed by atoms with Crippen molar-refractivity contribution in [3.63, 3.8) is 0 Å². The smallest absolute Gasteiger partial charge is 0.462 e. The molecule has 0 aromatic rings. The molecule has 10 heteroatoms. The molecular weight excluding hydrogens is 1060 g/mol. The van der Waals surface area contributed by atoms with Gasteiger partial charge in [0.2, 0.25) is 0 Å². The predicted molar refractivity (Wildman–Crippen MR) is 362 cm³/mol. The largest absolute Gasteiger partial charge is 0.472 e. The van der Waals surface area contributed by atoms with Gasteiger partial charge in [-0.1, -0.05) is 322 Å². The van der Waals surface area contributed by atoms with E-state index in [-0.39, 0.29) is 38.6 Å². The lowest BCUT2D eigenvalue weighted by Gasteiger charge is -2.19. The first-order valence-corrected chi connectivity index (χ1v) is 36.0. The molecule has 0 aromatic heterocycles. The molecule has 0 spiro atoms. The molecule has 0 aliphatic heterocycles. The van der Waals surface area contributed by atoms with Gasteiger partial charge in [0.1, 0.15) is 6.61 Å². The van der Waals surface area contributed by atoms with Crippen LogP contribution in [0.4, 0.5) is 0 Å². The summed E-state index contributed by atoms with van der Waals surface area (Å²) >= 11 is 0. The van der Waals surface area contributed by atoms with Gasteiger partial charge < -0.3 is 20.1 Å². The molecule has 0 radical (unpaired) electrons. The number of nitrogens with two attached hydrogens (primary N) is 1. The van der Waals surface area contributed by atoms with Gasteiger partial charge in [-0.05, 0) is 89.9 Å². The second kappa shape index (κ2) is 68.5. The van der Waals surface area contributed by atoms with Gasteiger partial charge in [0.15, 0.2) is 6.10 Å². The van der Waals surface area contributed by atoms with Crippen molar-refractivity contribution in [2.24, 2.45) is 5.73 Å². The van der Waals surface area contributed by atoms with Crippen molar-refractivity contribution in [3.05, 3.63) is 122 Å². The van der Waals surface area contributed by atoms with Gasteiger partial charge in [0, 0.05) is 19.4 Å². The second-order valence-corrected chi connectivity index (χ2v) is 24.1. The Labute approximate surface area is 517 Å². The van der Waals surface area contributed by atoms with E-state index in [1.165, 1.54) is 161 Å². The van der Waals surface area contributed by atoms with E-state index in [9.17, 15) is 19.0 Å². The third-order valence-electron chi connectivity index (χ3n) is 14.6. The van der Waals surface area contributed by atoms with Crippen molar-refractivity contribution >= 4 is 19.8 Å². The topological polar surface area (TPSA) is 134 Å². The fraction of sp³-hybridized carbons (Fsp3) is 0.703. The zero-order valence-electron chi connectivity index (χ0n) is 54.1. The van der Waals surface area contributed by atoms with Crippen LogP contribution in [0.5, 0.6) is 0 Å². The van der Waals surface area contributed by atoms with Crippen LogP contribution in [0.1, 0.15) is 303 Å². The minimum atomic E-state index is -4.41. The van der Waals surface area contributed by atoms with Gasteiger partial charge in [0.05, 0.1) is 13.2 Å². The molecule has 0 heterocycles. The molecule has 0 amide bonds. The first-order valence-electron chi connectivity index (χ1n) is 34.5. The van der Waals surface area contributed by atoms with E-state index in [0.717, 1.165) is 109 Å². The minimum Gasteiger partial charge on any atom is -0.462 e. The summed E-state index contributed by atoms with van der Waals surface area (Å²) in [5.41, 5.74) is 5.40. The first-order chi connectivity index (χ1) is 41.3. The van der Waals surface area contributed by atoms with Crippen LogP contribution in [0, 0.1) is 0 Å². The first kappa shape index (κ1) is 80.4. The molecular formula is C74H128NO8P. The summed E-state index contributed by atoms with van der Waals surface area (Å²) in [7, 11) is -4.41. The number of allylic oxidation sites excluding steroid dienone is 20. The summed E-state index contributed by atoms with van der Waals surface area (Å²) in [5.74, 6) is -0.853. The van der Waals surface area contributed by atoms with Gasteiger partial charge in [-0.3, -0.25) is 18.6 Å². The molecule has 0 fully saturated rings. The lowest BCUT2D eigenvalue weighted by Crippen LogP contribution is -2.29. The molecule has 0 saturated carbocycles. The van der Waals surface area contributed by atoms with Gasteiger partial charge >= 0.3 is 19.8 Å². The van der Waals surface area contributed by atoms with Crippen LogP contribution in [-0.2, 0) is 32.7 Å². The quantitative estimate of drug-likeness (QED) is 0.0264. The summed E-state index contributed by atoms with van der Waals surface area (Å²) in [6.45, 7) is 3.63. The van der Waals surface area contributed by atoms with Crippen LogP contribution < -0.4 is 5.73 Å². The Bertz CT molecular complexity index is 1790. The van der Waals surface area contributed by atoms with E-state index >= 15 is 0 Å². The number of phosphoric acid groups is 1. The van der Waals surface area contributed by atoms with Crippen LogP contribution in [0.25, 0.3) is 0 Å². The molecule has 0 rings (SSSR count). The number of phosphoric ester groups is 1. The summed E-state index contributed by atoms with van der Waals surface area (Å²) in [6.07, 6.45) is 95.7. The molecule has 482 valence electrons.